The smallest absolute Gasteiger partial charge is 0.314 e. The summed E-state index contributed by atoms with van der Waals surface area (Å²) >= 11 is 0. The first-order valence-electron chi connectivity index (χ1n) is 6.50. The van der Waals surface area contributed by atoms with Crippen LogP contribution in [0.15, 0.2) is 30.3 Å². The molecule has 0 aromatic heterocycles. The van der Waals surface area contributed by atoms with Gasteiger partial charge in [-0.15, -0.1) is 0 Å². The van der Waals surface area contributed by atoms with E-state index in [9.17, 15) is 9.59 Å². The quantitative estimate of drug-likeness (QED) is 0.561. The Labute approximate surface area is 117 Å². The highest BCUT2D eigenvalue weighted by Gasteiger charge is 2.13. The Morgan fingerprint density at radius 1 is 1.15 bits per heavy atom. The zero-order valence-electron chi connectivity index (χ0n) is 11.2. The Kier molecular flexibility index (Phi) is 7.13. The molecule has 20 heavy (non-hydrogen) atoms. The van der Waals surface area contributed by atoms with Gasteiger partial charge in [-0.1, -0.05) is 30.3 Å². The van der Waals surface area contributed by atoms with Crippen molar-refractivity contribution in [3.8, 4) is 0 Å². The van der Waals surface area contributed by atoms with Crippen molar-refractivity contribution in [2.45, 2.75) is 12.8 Å². The molecular formula is C14H20N2O4. The summed E-state index contributed by atoms with van der Waals surface area (Å²) in [5, 5.41) is 22.8. The van der Waals surface area contributed by atoms with E-state index in [1.165, 1.54) is 0 Å². The van der Waals surface area contributed by atoms with Crippen molar-refractivity contribution >= 4 is 12.0 Å². The Morgan fingerprint density at radius 3 is 2.45 bits per heavy atom. The summed E-state index contributed by atoms with van der Waals surface area (Å²) in [4.78, 5) is 22.0. The highest BCUT2D eigenvalue weighted by Crippen LogP contribution is 2.00. The molecule has 6 heteroatoms. The van der Waals surface area contributed by atoms with Gasteiger partial charge < -0.3 is 20.8 Å². The number of carboxylic acid groups (broad SMARTS) is 1. The molecule has 0 saturated heterocycles. The van der Waals surface area contributed by atoms with Crippen molar-refractivity contribution in [2.75, 3.05) is 19.7 Å². The second-order valence-electron chi connectivity index (χ2n) is 4.52. The lowest BCUT2D eigenvalue weighted by Crippen LogP contribution is -2.40. The molecule has 0 radical (unpaired) electrons. The van der Waals surface area contributed by atoms with Crippen LogP contribution in [0.5, 0.6) is 0 Å². The van der Waals surface area contributed by atoms with Gasteiger partial charge in [0, 0.05) is 25.6 Å². The number of hydrogen-bond acceptors (Lipinski definition) is 3. The first-order chi connectivity index (χ1) is 9.61. The molecule has 0 fully saturated rings. The molecule has 0 aliphatic heterocycles. The van der Waals surface area contributed by atoms with Crippen LogP contribution in [0.1, 0.15) is 12.0 Å². The molecule has 0 bridgehead atoms. The average molecular weight is 280 g/mol. The number of aliphatic carboxylic acids is 1. The van der Waals surface area contributed by atoms with Gasteiger partial charge in [-0.3, -0.25) is 4.79 Å². The van der Waals surface area contributed by atoms with Crippen molar-refractivity contribution < 1.29 is 19.8 Å². The minimum atomic E-state index is -0.990. The summed E-state index contributed by atoms with van der Waals surface area (Å²) in [5.74, 6) is -1.46. The van der Waals surface area contributed by atoms with Crippen molar-refractivity contribution in [1.82, 2.24) is 10.6 Å². The van der Waals surface area contributed by atoms with Crippen LogP contribution in [0, 0.1) is 5.92 Å². The second-order valence-corrected chi connectivity index (χ2v) is 4.52. The topological polar surface area (TPSA) is 98.7 Å². The Morgan fingerprint density at radius 2 is 1.85 bits per heavy atom. The summed E-state index contributed by atoms with van der Waals surface area (Å²) in [6.07, 6.45) is 0.563. The van der Waals surface area contributed by atoms with Gasteiger partial charge in [0.2, 0.25) is 0 Å². The lowest BCUT2D eigenvalue weighted by atomic mass is 10.1. The highest BCUT2D eigenvalue weighted by molar-refractivity contribution is 5.74. The van der Waals surface area contributed by atoms with Crippen LogP contribution in [0.4, 0.5) is 4.79 Å². The number of carbonyl (C=O) groups excluding carboxylic acids is 1. The minimum Gasteiger partial charge on any atom is -0.481 e. The molecule has 4 N–H and O–H groups in total. The molecule has 1 unspecified atom stereocenters. The van der Waals surface area contributed by atoms with Gasteiger partial charge in [-0.05, 0) is 12.0 Å². The number of amides is 2. The number of carboxylic acids is 1. The van der Waals surface area contributed by atoms with Crippen LogP contribution in [0.2, 0.25) is 0 Å². The summed E-state index contributed by atoms with van der Waals surface area (Å²) < 4.78 is 0. The van der Waals surface area contributed by atoms with E-state index < -0.39 is 11.9 Å². The predicted octanol–water partition coefficient (Wildman–Crippen LogP) is 0.611. The third-order valence-corrected chi connectivity index (χ3v) is 2.81. The van der Waals surface area contributed by atoms with Crippen molar-refractivity contribution in [2.24, 2.45) is 5.92 Å². The van der Waals surface area contributed by atoms with Gasteiger partial charge in [0.25, 0.3) is 0 Å². The zero-order chi connectivity index (χ0) is 14.8. The molecule has 0 aliphatic rings. The SMILES string of the molecule is O=C(O)CC(CO)CNC(=O)NCCc1ccccc1. The van der Waals surface area contributed by atoms with E-state index in [-0.39, 0.29) is 25.6 Å². The molecule has 0 saturated carbocycles. The number of urea groups is 1. The molecule has 0 aliphatic carbocycles. The number of hydrogen-bond donors (Lipinski definition) is 4. The van der Waals surface area contributed by atoms with E-state index in [1.807, 2.05) is 30.3 Å². The summed E-state index contributed by atoms with van der Waals surface area (Å²) in [5.41, 5.74) is 1.13. The van der Waals surface area contributed by atoms with Gasteiger partial charge in [0.15, 0.2) is 0 Å². The minimum absolute atomic E-state index is 0.139. The summed E-state index contributed by atoms with van der Waals surface area (Å²) in [7, 11) is 0. The standard InChI is InChI=1S/C14H20N2O4/c17-10-12(8-13(18)19)9-16-14(20)15-7-6-11-4-2-1-3-5-11/h1-5,12,17H,6-10H2,(H,18,19)(H2,15,16,20). The van der Waals surface area contributed by atoms with Crippen LogP contribution >= 0.6 is 0 Å². The van der Waals surface area contributed by atoms with Gasteiger partial charge in [0.05, 0.1) is 6.42 Å². The van der Waals surface area contributed by atoms with E-state index in [4.69, 9.17) is 10.2 Å². The molecule has 1 aromatic rings. The lowest BCUT2D eigenvalue weighted by molar-refractivity contribution is -0.138. The monoisotopic (exact) mass is 280 g/mol. The number of aliphatic hydroxyl groups is 1. The maximum atomic E-state index is 11.5. The molecule has 0 spiro atoms. The molecule has 2 amide bonds. The fourth-order valence-electron chi connectivity index (χ4n) is 1.71. The van der Waals surface area contributed by atoms with E-state index in [1.54, 1.807) is 0 Å². The third-order valence-electron chi connectivity index (χ3n) is 2.81. The van der Waals surface area contributed by atoms with Gasteiger partial charge in [-0.25, -0.2) is 4.79 Å². The van der Waals surface area contributed by atoms with Crippen molar-refractivity contribution in [3.05, 3.63) is 35.9 Å². The van der Waals surface area contributed by atoms with Crippen molar-refractivity contribution in [3.63, 3.8) is 0 Å². The number of nitrogens with one attached hydrogen (secondary N) is 2. The average Bonchev–Trinajstić information content (AvgIpc) is 2.44. The van der Waals surface area contributed by atoms with E-state index >= 15 is 0 Å². The molecular weight excluding hydrogens is 260 g/mol. The van der Waals surface area contributed by atoms with Crippen LogP contribution in [-0.4, -0.2) is 41.9 Å². The van der Waals surface area contributed by atoms with Crippen LogP contribution in [0.25, 0.3) is 0 Å². The first kappa shape index (κ1) is 16.0. The van der Waals surface area contributed by atoms with Crippen molar-refractivity contribution in [1.29, 1.82) is 0 Å². The molecule has 1 rings (SSSR count). The van der Waals surface area contributed by atoms with E-state index in [2.05, 4.69) is 10.6 Å². The normalized spacial score (nSPS) is 11.7. The van der Waals surface area contributed by atoms with E-state index in [0.29, 0.717) is 6.54 Å². The number of carbonyl (C=O) groups is 2. The lowest BCUT2D eigenvalue weighted by Gasteiger charge is -2.13. The molecule has 6 nitrogen and oxygen atoms in total. The van der Waals surface area contributed by atoms with Crippen LogP contribution < -0.4 is 10.6 Å². The molecule has 0 heterocycles. The maximum Gasteiger partial charge on any atom is 0.314 e. The van der Waals surface area contributed by atoms with Gasteiger partial charge >= 0.3 is 12.0 Å². The Hall–Kier alpha value is -2.08. The molecule has 1 aromatic carbocycles. The number of benzene rings is 1. The second kappa shape index (κ2) is 8.92. The number of rotatable bonds is 8. The third kappa shape index (κ3) is 6.75. The fourth-order valence-corrected chi connectivity index (χ4v) is 1.71. The maximum absolute atomic E-state index is 11.5. The van der Waals surface area contributed by atoms with Gasteiger partial charge in [-0.2, -0.15) is 0 Å². The number of aliphatic hydroxyl groups excluding tert-OH is 1. The largest absolute Gasteiger partial charge is 0.481 e. The first-order valence-corrected chi connectivity index (χ1v) is 6.50. The van der Waals surface area contributed by atoms with Gasteiger partial charge in [0.1, 0.15) is 0 Å². The van der Waals surface area contributed by atoms with Crippen LogP contribution in [-0.2, 0) is 11.2 Å². The summed E-state index contributed by atoms with van der Waals surface area (Å²) in [6.45, 7) is 0.370. The zero-order valence-corrected chi connectivity index (χ0v) is 11.2. The Bertz CT molecular complexity index is 422. The fraction of sp³-hybridized carbons (Fsp3) is 0.429. The molecule has 110 valence electrons. The van der Waals surface area contributed by atoms with Crippen LogP contribution in [0.3, 0.4) is 0 Å². The highest BCUT2D eigenvalue weighted by atomic mass is 16.4. The predicted molar refractivity (Wildman–Crippen MR) is 74.4 cm³/mol. The Balaban J connectivity index is 2.18. The summed E-state index contributed by atoms with van der Waals surface area (Å²) in [6, 6.07) is 9.41. The van der Waals surface area contributed by atoms with E-state index in [0.717, 1.165) is 12.0 Å². The molecule has 1 atom stereocenters.